The third-order valence-corrected chi connectivity index (χ3v) is 4.95. The first-order valence-corrected chi connectivity index (χ1v) is 8.32. The Morgan fingerprint density at radius 1 is 1.21 bits per heavy atom. The maximum atomic E-state index is 13.2. The van der Waals surface area contributed by atoms with E-state index in [1.807, 2.05) is 12.1 Å². The molecule has 0 aliphatic carbocycles. The summed E-state index contributed by atoms with van der Waals surface area (Å²) >= 11 is 0. The average molecular weight is 326 g/mol. The number of hydrogen-bond donors (Lipinski definition) is 1. The number of fused-ring (bicyclic) bond motifs is 2. The fourth-order valence-electron chi connectivity index (χ4n) is 3.72. The lowest BCUT2D eigenvalue weighted by molar-refractivity contribution is -0.127. The van der Waals surface area contributed by atoms with Crippen LogP contribution < -0.4 is 5.32 Å². The van der Waals surface area contributed by atoms with E-state index in [2.05, 4.69) is 10.3 Å². The van der Waals surface area contributed by atoms with Gasteiger partial charge in [0.05, 0.1) is 24.2 Å². The van der Waals surface area contributed by atoms with Gasteiger partial charge in [0.1, 0.15) is 5.82 Å². The summed E-state index contributed by atoms with van der Waals surface area (Å²) in [6.07, 6.45) is 6.49. The van der Waals surface area contributed by atoms with Gasteiger partial charge in [-0.1, -0.05) is 18.2 Å². The van der Waals surface area contributed by atoms with Gasteiger partial charge in [0.25, 0.3) is 0 Å². The molecule has 4 nitrogen and oxygen atoms in total. The number of aromatic nitrogens is 1. The van der Waals surface area contributed by atoms with Crippen LogP contribution in [0, 0.1) is 11.7 Å². The van der Waals surface area contributed by atoms with E-state index in [-0.39, 0.29) is 35.9 Å². The molecule has 1 aromatic carbocycles. The second-order valence-corrected chi connectivity index (χ2v) is 6.50. The summed E-state index contributed by atoms with van der Waals surface area (Å²) in [6.45, 7) is 0. The number of carbonyl (C=O) groups is 1. The van der Waals surface area contributed by atoms with Gasteiger partial charge in [-0.25, -0.2) is 4.39 Å². The molecule has 0 saturated carbocycles. The second-order valence-electron chi connectivity index (χ2n) is 6.50. The fourth-order valence-corrected chi connectivity index (χ4v) is 3.72. The summed E-state index contributed by atoms with van der Waals surface area (Å²) < 4.78 is 19.0. The Morgan fingerprint density at radius 2 is 2.04 bits per heavy atom. The molecule has 2 saturated heterocycles. The van der Waals surface area contributed by atoms with Crippen molar-refractivity contribution in [2.24, 2.45) is 5.92 Å². The van der Waals surface area contributed by atoms with Gasteiger partial charge in [0.2, 0.25) is 5.91 Å². The number of carbonyl (C=O) groups excluding carboxylic acids is 1. The van der Waals surface area contributed by atoms with Crippen LogP contribution in [0.3, 0.4) is 0 Å². The monoisotopic (exact) mass is 326 g/mol. The normalized spacial score (nSPS) is 26.3. The summed E-state index contributed by atoms with van der Waals surface area (Å²) in [5.74, 6) is -0.389. The minimum absolute atomic E-state index is 0.000350. The molecule has 1 amide bonds. The van der Waals surface area contributed by atoms with E-state index in [1.165, 1.54) is 12.1 Å². The van der Waals surface area contributed by atoms with E-state index in [4.69, 9.17) is 4.74 Å². The van der Waals surface area contributed by atoms with Crippen LogP contribution in [-0.4, -0.2) is 23.1 Å². The number of hydrogen-bond acceptors (Lipinski definition) is 3. The lowest BCUT2D eigenvalue weighted by Crippen LogP contribution is -2.38. The molecule has 0 radical (unpaired) electrons. The van der Waals surface area contributed by atoms with Crippen molar-refractivity contribution in [3.05, 3.63) is 65.7 Å². The Labute approximate surface area is 140 Å². The number of rotatable bonds is 4. The molecule has 5 heteroatoms. The van der Waals surface area contributed by atoms with Gasteiger partial charge in [-0.2, -0.15) is 0 Å². The summed E-state index contributed by atoms with van der Waals surface area (Å²) in [6, 6.07) is 9.62. The van der Waals surface area contributed by atoms with Gasteiger partial charge in [-0.3, -0.25) is 9.78 Å². The Morgan fingerprint density at radius 3 is 2.67 bits per heavy atom. The Bertz CT molecular complexity index is 720. The number of ether oxygens (including phenoxy) is 1. The summed E-state index contributed by atoms with van der Waals surface area (Å²) in [5, 5.41) is 3.11. The first-order chi connectivity index (χ1) is 11.7. The fraction of sp³-hybridized carbons (Fsp3) is 0.368. The summed E-state index contributed by atoms with van der Waals surface area (Å²) in [4.78, 5) is 16.9. The molecular weight excluding hydrogens is 307 g/mol. The maximum Gasteiger partial charge on any atom is 0.226 e. The molecule has 4 atom stereocenters. The van der Waals surface area contributed by atoms with Crippen molar-refractivity contribution >= 4 is 5.91 Å². The standard InChI is InChI=1S/C19H19FN2O2/c20-14-5-3-12(4-6-14)18(13-2-1-9-21-11-13)22-19(23)16-10-15-7-8-17(16)24-15/h1-6,9,11,15-18H,7-8,10H2,(H,22,23)/t15-,16-,17-,18-/m1/s1. The van der Waals surface area contributed by atoms with Gasteiger partial charge in [0, 0.05) is 12.4 Å². The van der Waals surface area contributed by atoms with Crippen LogP contribution in [0.1, 0.15) is 36.4 Å². The SMILES string of the molecule is O=C(N[C@H](c1ccc(F)cc1)c1cccnc1)[C@@H]1C[C@H]2CC[C@H]1O2. The van der Waals surface area contributed by atoms with Crippen LogP contribution in [-0.2, 0) is 9.53 Å². The van der Waals surface area contributed by atoms with Gasteiger partial charge < -0.3 is 10.1 Å². The van der Waals surface area contributed by atoms with Gasteiger partial charge in [-0.05, 0) is 48.6 Å². The molecule has 24 heavy (non-hydrogen) atoms. The highest BCUT2D eigenvalue weighted by molar-refractivity contribution is 5.80. The van der Waals surface area contributed by atoms with E-state index in [0.717, 1.165) is 30.4 Å². The number of halogens is 1. The Kier molecular flexibility index (Phi) is 4.02. The topological polar surface area (TPSA) is 51.2 Å². The van der Waals surface area contributed by atoms with Crippen LogP contribution in [0.25, 0.3) is 0 Å². The number of benzene rings is 1. The van der Waals surface area contributed by atoms with Gasteiger partial charge >= 0.3 is 0 Å². The molecular formula is C19H19FN2O2. The molecule has 4 rings (SSSR count). The van der Waals surface area contributed by atoms with Crippen molar-refractivity contribution in [1.29, 1.82) is 0 Å². The molecule has 3 heterocycles. The smallest absolute Gasteiger partial charge is 0.226 e. The lowest BCUT2D eigenvalue weighted by Gasteiger charge is -2.24. The minimum Gasteiger partial charge on any atom is -0.374 e. The molecule has 2 fully saturated rings. The first kappa shape index (κ1) is 15.3. The maximum absolute atomic E-state index is 13.2. The first-order valence-electron chi connectivity index (χ1n) is 8.32. The minimum atomic E-state index is -0.342. The van der Waals surface area contributed by atoms with Gasteiger partial charge in [0.15, 0.2) is 0 Å². The van der Waals surface area contributed by atoms with E-state index >= 15 is 0 Å². The second kappa shape index (κ2) is 6.32. The highest BCUT2D eigenvalue weighted by atomic mass is 19.1. The quantitative estimate of drug-likeness (QED) is 0.940. The Balaban J connectivity index is 1.58. The van der Waals surface area contributed by atoms with Crippen LogP contribution >= 0.6 is 0 Å². The molecule has 124 valence electrons. The molecule has 2 aliphatic heterocycles. The predicted octanol–water partition coefficient (Wildman–Crippen LogP) is 2.99. The highest BCUT2D eigenvalue weighted by Gasteiger charge is 2.44. The van der Waals surface area contributed by atoms with Crippen molar-refractivity contribution in [1.82, 2.24) is 10.3 Å². The van der Waals surface area contributed by atoms with Crippen LogP contribution in [0.15, 0.2) is 48.8 Å². The molecule has 2 aliphatic rings. The van der Waals surface area contributed by atoms with E-state index in [0.29, 0.717) is 0 Å². The highest BCUT2D eigenvalue weighted by Crippen LogP contribution is 2.39. The van der Waals surface area contributed by atoms with Crippen molar-refractivity contribution in [3.63, 3.8) is 0 Å². The predicted molar refractivity (Wildman–Crippen MR) is 86.6 cm³/mol. The Hall–Kier alpha value is -2.27. The zero-order valence-electron chi connectivity index (χ0n) is 13.2. The van der Waals surface area contributed by atoms with Gasteiger partial charge in [-0.15, -0.1) is 0 Å². The number of pyridine rings is 1. The molecule has 1 aromatic heterocycles. The van der Waals surface area contributed by atoms with E-state index < -0.39 is 0 Å². The molecule has 0 spiro atoms. The van der Waals surface area contributed by atoms with E-state index in [1.54, 1.807) is 24.5 Å². The van der Waals surface area contributed by atoms with Crippen molar-refractivity contribution in [2.75, 3.05) is 0 Å². The van der Waals surface area contributed by atoms with Crippen LogP contribution in [0.5, 0.6) is 0 Å². The number of nitrogens with zero attached hydrogens (tertiary/aromatic N) is 1. The third-order valence-electron chi connectivity index (χ3n) is 4.95. The van der Waals surface area contributed by atoms with Crippen LogP contribution in [0.4, 0.5) is 4.39 Å². The summed E-state index contributed by atoms with van der Waals surface area (Å²) in [5.41, 5.74) is 1.71. The molecule has 2 bridgehead atoms. The zero-order chi connectivity index (χ0) is 16.5. The summed E-state index contributed by atoms with van der Waals surface area (Å²) in [7, 11) is 0. The van der Waals surface area contributed by atoms with Crippen molar-refractivity contribution in [3.8, 4) is 0 Å². The van der Waals surface area contributed by atoms with E-state index in [9.17, 15) is 9.18 Å². The lowest BCUT2D eigenvalue weighted by atomic mass is 9.88. The molecule has 0 unspecified atom stereocenters. The van der Waals surface area contributed by atoms with Crippen molar-refractivity contribution in [2.45, 2.75) is 37.5 Å². The third kappa shape index (κ3) is 2.91. The molecule has 1 N–H and O–H groups in total. The number of amides is 1. The molecule has 2 aromatic rings. The van der Waals surface area contributed by atoms with Crippen LogP contribution in [0.2, 0.25) is 0 Å². The zero-order valence-corrected chi connectivity index (χ0v) is 13.2. The van der Waals surface area contributed by atoms with Crippen molar-refractivity contribution < 1.29 is 13.9 Å². The largest absolute Gasteiger partial charge is 0.374 e. The average Bonchev–Trinajstić information content (AvgIpc) is 3.24. The number of nitrogens with one attached hydrogen (secondary N) is 1.